The summed E-state index contributed by atoms with van der Waals surface area (Å²) < 4.78 is 11.7. The molecule has 3 rings (SSSR count). The largest absolute Gasteiger partial charge is 0.454 e. The van der Waals surface area contributed by atoms with Gasteiger partial charge in [-0.3, -0.25) is 0 Å². The fraction of sp³-hybridized carbons (Fsp3) is 0.500. The van der Waals surface area contributed by atoms with Gasteiger partial charge in [-0.15, -0.1) is 6.42 Å². The van der Waals surface area contributed by atoms with Crippen molar-refractivity contribution in [2.24, 2.45) is 0 Å². The fourth-order valence-corrected chi connectivity index (χ4v) is 3.39. The highest BCUT2D eigenvalue weighted by Crippen LogP contribution is 2.37. The van der Waals surface area contributed by atoms with Crippen LogP contribution < -0.4 is 14.8 Å². The van der Waals surface area contributed by atoms with Crippen molar-refractivity contribution < 1.29 is 14.6 Å². The van der Waals surface area contributed by atoms with Crippen LogP contribution in [0.25, 0.3) is 0 Å². The van der Waals surface area contributed by atoms with Crippen molar-refractivity contribution >= 4 is 15.9 Å². The number of fused-ring (bicyclic) bond motifs is 1. The molecule has 112 valence electrons. The van der Waals surface area contributed by atoms with Crippen LogP contribution in [0.3, 0.4) is 0 Å². The van der Waals surface area contributed by atoms with Gasteiger partial charge in [-0.2, -0.15) is 0 Å². The first kappa shape index (κ1) is 14.7. The molecule has 0 aromatic heterocycles. The SMILES string of the molecule is C#C[C@@]1(O)CCCC[C@@H]1NCc1cc2c(cc1Br)OCO2. The number of hydrogen-bond acceptors (Lipinski definition) is 4. The van der Waals surface area contributed by atoms with Gasteiger partial charge in [-0.1, -0.05) is 28.3 Å². The van der Waals surface area contributed by atoms with Gasteiger partial charge in [-0.25, -0.2) is 0 Å². The van der Waals surface area contributed by atoms with Gasteiger partial charge < -0.3 is 19.9 Å². The molecular formula is C16H18BrNO3. The Labute approximate surface area is 133 Å². The van der Waals surface area contributed by atoms with Crippen LogP contribution in [0.4, 0.5) is 0 Å². The van der Waals surface area contributed by atoms with Crippen LogP contribution in [0.1, 0.15) is 31.2 Å². The van der Waals surface area contributed by atoms with Crippen LogP contribution in [0.15, 0.2) is 16.6 Å². The first-order chi connectivity index (χ1) is 10.1. The van der Waals surface area contributed by atoms with Crippen LogP contribution in [-0.2, 0) is 6.54 Å². The van der Waals surface area contributed by atoms with E-state index in [2.05, 4.69) is 27.2 Å². The maximum atomic E-state index is 10.5. The van der Waals surface area contributed by atoms with Crippen LogP contribution in [0.2, 0.25) is 0 Å². The highest BCUT2D eigenvalue weighted by molar-refractivity contribution is 9.10. The molecule has 21 heavy (non-hydrogen) atoms. The quantitative estimate of drug-likeness (QED) is 0.821. The minimum Gasteiger partial charge on any atom is -0.454 e. The first-order valence-corrected chi connectivity index (χ1v) is 7.93. The molecule has 1 aromatic carbocycles. The molecule has 1 aliphatic heterocycles. The van der Waals surface area contributed by atoms with E-state index < -0.39 is 5.60 Å². The van der Waals surface area contributed by atoms with E-state index in [4.69, 9.17) is 15.9 Å². The zero-order valence-electron chi connectivity index (χ0n) is 11.7. The molecule has 1 aliphatic carbocycles. The van der Waals surface area contributed by atoms with E-state index in [1.807, 2.05) is 12.1 Å². The molecule has 5 heteroatoms. The normalized spacial score (nSPS) is 27.4. The molecule has 0 amide bonds. The topological polar surface area (TPSA) is 50.7 Å². The number of benzene rings is 1. The predicted octanol–water partition coefficient (Wildman–Crippen LogP) is 2.57. The van der Waals surface area contributed by atoms with Crippen molar-refractivity contribution in [2.45, 2.75) is 43.9 Å². The average Bonchev–Trinajstić information content (AvgIpc) is 2.93. The van der Waals surface area contributed by atoms with Gasteiger partial charge in [0.15, 0.2) is 11.5 Å². The third-order valence-corrected chi connectivity index (χ3v) is 4.95. The minimum atomic E-state index is -1.04. The number of nitrogens with one attached hydrogen (secondary N) is 1. The van der Waals surface area contributed by atoms with E-state index >= 15 is 0 Å². The summed E-state index contributed by atoms with van der Waals surface area (Å²) in [5, 5.41) is 13.9. The zero-order chi connectivity index (χ0) is 14.9. The molecule has 1 heterocycles. The molecule has 0 saturated heterocycles. The van der Waals surface area contributed by atoms with E-state index in [1.165, 1.54) is 0 Å². The van der Waals surface area contributed by atoms with Crippen molar-refractivity contribution in [1.29, 1.82) is 0 Å². The number of aliphatic hydroxyl groups is 1. The van der Waals surface area contributed by atoms with Gasteiger partial charge in [-0.05, 0) is 37.0 Å². The molecule has 0 unspecified atom stereocenters. The van der Waals surface area contributed by atoms with Crippen LogP contribution in [0, 0.1) is 12.3 Å². The Morgan fingerprint density at radius 2 is 2.14 bits per heavy atom. The maximum absolute atomic E-state index is 10.5. The van der Waals surface area contributed by atoms with Gasteiger partial charge in [0.2, 0.25) is 6.79 Å². The number of ether oxygens (including phenoxy) is 2. The standard InChI is InChI=1S/C16H18BrNO3/c1-2-16(19)6-4-3-5-15(16)18-9-11-7-13-14(8-12(11)17)21-10-20-13/h1,7-8,15,18-19H,3-6,9-10H2/t15-,16+/m0/s1. The Balaban J connectivity index is 1.71. The summed E-state index contributed by atoms with van der Waals surface area (Å²) in [6.07, 6.45) is 9.13. The number of rotatable bonds is 3. The van der Waals surface area contributed by atoms with E-state index in [-0.39, 0.29) is 12.8 Å². The second-order valence-corrected chi connectivity index (χ2v) is 6.40. The van der Waals surface area contributed by atoms with Gasteiger partial charge in [0.05, 0.1) is 0 Å². The summed E-state index contributed by atoms with van der Waals surface area (Å²) in [6, 6.07) is 3.79. The van der Waals surface area contributed by atoms with Gasteiger partial charge in [0, 0.05) is 17.1 Å². The lowest BCUT2D eigenvalue weighted by Crippen LogP contribution is -2.51. The lowest BCUT2D eigenvalue weighted by atomic mass is 9.81. The number of hydrogen-bond donors (Lipinski definition) is 2. The van der Waals surface area contributed by atoms with Crippen molar-refractivity contribution in [3.63, 3.8) is 0 Å². The molecule has 0 radical (unpaired) electrons. The van der Waals surface area contributed by atoms with Crippen LogP contribution in [0.5, 0.6) is 11.5 Å². The second-order valence-electron chi connectivity index (χ2n) is 5.54. The molecular weight excluding hydrogens is 334 g/mol. The highest BCUT2D eigenvalue weighted by Gasteiger charge is 2.36. The molecule has 1 saturated carbocycles. The summed E-state index contributed by atoms with van der Waals surface area (Å²) >= 11 is 3.54. The van der Waals surface area contributed by atoms with Gasteiger partial charge >= 0.3 is 0 Å². The average molecular weight is 352 g/mol. The maximum Gasteiger partial charge on any atom is 0.231 e. The number of halogens is 1. The second kappa shape index (κ2) is 5.88. The molecule has 1 fully saturated rings. The summed E-state index contributed by atoms with van der Waals surface area (Å²) in [5.41, 5.74) is 0.0188. The molecule has 2 N–H and O–H groups in total. The fourth-order valence-electron chi connectivity index (χ4n) is 2.93. The summed E-state index contributed by atoms with van der Waals surface area (Å²) in [4.78, 5) is 0. The Hall–Kier alpha value is -1.22. The highest BCUT2D eigenvalue weighted by atomic mass is 79.9. The Bertz CT molecular complexity index is 584. The first-order valence-electron chi connectivity index (χ1n) is 7.14. The van der Waals surface area contributed by atoms with E-state index in [1.54, 1.807) is 0 Å². The van der Waals surface area contributed by atoms with E-state index in [9.17, 15) is 5.11 Å². The van der Waals surface area contributed by atoms with Crippen molar-refractivity contribution in [1.82, 2.24) is 5.32 Å². The van der Waals surface area contributed by atoms with E-state index in [0.29, 0.717) is 13.0 Å². The molecule has 4 nitrogen and oxygen atoms in total. The Kier molecular flexibility index (Phi) is 4.12. The smallest absolute Gasteiger partial charge is 0.231 e. The van der Waals surface area contributed by atoms with Crippen LogP contribution >= 0.6 is 15.9 Å². The number of terminal acetylenes is 1. The zero-order valence-corrected chi connectivity index (χ0v) is 13.3. The molecule has 2 aliphatic rings. The summed E-state index contributed by atoms with van der Waals surface area (Å²) in [6.45, 7) is 0.879. The molecule has 0 bridgehead atoms. The van der Waals surface area contributed by atoms with Crippen molar-refractivity contribution in [2.75, 3.05) is 6.79 Å². The van der Waals surface area contributed by atoms with Crippen LogP contribution in [-0.4, -0.2) is 23.5 Å². The molecule has 2 atom stereocenters. The van der Waals surface area contributed by atoms with Gasteiger partial charge in [0.25, 0.3) is 0 Å². The predicted molar refractivity (Wildman–Crippen MR) is 83.1 cm³/mol. The Morgan fingerprint density at radius 1 is 1.38 bits per heavy atom. The summed E-state index contributed by atoms with van der Waals surface area (Å²) in [5.74, 6) is 4.07. The lowest BCUT2D eigenvalue weighted by Gasteiger charge is -2.36. The van der Waals surface area contributed by atoms with Gasteiger partial charge in [0.1, 0.15) is 5.60 Å². The third-order valence-electron chi connectivity index (χ3n) is 4.21. The Morgan fingerprint density at radius 3 is 2.90 bits per heavy atom. The lowest BCUT2D eigenvalue weighted by molar-refractivity contribution is 0.0255. The monoisotopic (exact) mass is 351 g/mol. The van der Waals surface area contributed by atoms with E-state index in [0.717, 1.165) is 40.8 Å². The molecule has 0 spiro atoms. The van der Waals surface area contributed by atoms with Crippen molar-refractivity contribution in [3.8, 4) is 23.8 Å². The molecule has 1 aromatic rings. The van der Waals surface area contributed by atoms with Crippen molar-refractivity contribution in [3.05, 3.63) is 22.2 Å². The third kappa shape index (κ3) is 2.89. The minimum absolute atomic E-state index is 0.0754. The summed E-state index contributed by atoms with van der Waals surface area (Å²) in [7, 11) is 0.